The van der Waals surface area contributed by atoms with Gasteiger partial charge in [0.25, 0.3) is 0 Å². The van der Waals surface area contributed by atoms with Gasteiger partial charge in [-0.2, -0.15) is 4.98 Å². The Morgan fingerprint density at radius 1 is 1.25 bits per heavy atom. The number of morpholine rings is 1. The highest BCUT2D eigenvalue weighted by Crippen LogP contribution is 2.42. The standard InChI is InChI=1S/C22H32N8O2/c1-29(8-9-30-10-12-32-13-11-30)20-5-4-17(14-25-20)27-22-26-15-18(16-2-3-16)21(28-22)24-7-6-19(23)31/h4-5,14-16H,2-3,6-13H2,1H3,(H2,23,31)(H2,24,26,27,28). The Balaban J connectivity index is 1.34. The van der Waals surface area contributed by atoms with E-state index in [1.165, 1.54) is 0 Å². The highest BCUT2D eigenvalue weighted by Gasteiger charge is 2.27. The van der Waals surface area contributed by atoms with Crippen molar-refractivity contribution in [2.24, 2.45) is 5.73 Å². The number of carbonyl (C=O) groups excluding carboxylic acids is 1. The van der Waals surface area contributed by atoms with Gasteiger partial charge in [-0.25, -0.2) is 9.97 Å². The van der Waals surface area contributed by atoms with Crippen molar-refractivity contribution in [3.8, 4) is 0 Å². The number of carbonyl (C=O) groups is 1. The Morgan fingerprint density at radius 2 is 2.06 bits per heavy atom. The molecular formula is C22H32N8O2. The van der Waals surface area contributed by atoms with E-state index in [1.54, 1.807) is 6.20 Å². The third kappa shape index (κ3) is 6.27. The minimum atomic E-state index is -0.334. The van der Waals surface area contributed by atoms with Crippen molar-refractivity contribution in [1.29, 1.82) is 0 Å². The molecule has 2 aliphatic rings. The summed E-state index contributed by atoms with van der Waals surface area (Å²) in [5, 5.41) is 6.45. The van der Waals surface area contributed by atoms with Gasteiger partial charge in [-0.15, -0.1) is 0 Å². The molecule has 1 aliphatic heterocycles. The first kappa shape index (κ1) is 22.2. The van der Waals surface area contributed by atoms with Gasteiger partial charge < -0.3 is 26.0 Å². The summed E-state index contributed by atoms with van der Waals surface area (Å²) in [7, 11) is 2.06. The van der Waals surface area contributed by atoms with Gasteiger partial charge >= 0.3 is 0 Å². The van der Waals surface area contributed by atoms with Crippen LogP contribution >= 0.6 is 0 Å². The Hall–Kier alpha value is -2.98. The lowest BCUT2D eigenvalue weighted by Gasteiger charge is -2.28. The van der Waals surface area contributed by atoms with Crippen LogP contribution in [0, 0.1) is 0 Å². The van der Waals surface area contributed by atoms with E-state index in [0.29, 0.717) is 18.4 Å². The van der Waals surface area contributed by atoms with Crippen LogP contribution < -0.4 is 21.3 Å². The van der Waals surface area contributed by atoms with E-state index in [-0.39, 0.29) is 12.3 Å². The Morgan fingerprint density at radius 3 is 2.75 bits per heavy atom. The van der Waals surface area contributed by atoms with Crippen LogP contribution in [-0.2, 0) is 9.53 Å². The van der Waals surface area contributed by atoms with E-state index >= 15 is 0 Å². The molecule has 0 aromatic carbocycles. The molecule has 1 amide bonds. The largest absolute Gasteiger partial charge is 0.379 e. The molecule has 4 rings (SSSR count). The number of hydrogen-bond acceptors (Lipinski definition) is 9. The van der Waals surface area contributed by atoms with Crippen molar-refractivity contribution in [3.63, 3.8) is 0 Å². The van der Waals surface area contributed by atoms with Crippen LogP contribution in [0.25, 0.3) is 0 Å². The fraction of sp³-hybridized carbons (Fsp3) is 0.545. The average Bonchev–Trinajstić information content (AvgIpc) is 3.64. The van der Waals surface area contributed by atoms with Crippen molar-refractivity contribution in [2.75, 3.05) is 68.5 Å². The number of pyridine rings is 1. The predicted molar refractivity (Wildman–Crippen MR) is 124 cm³/mol. The number of anilines is 4. The monoisotopic (exact) mass is 440 g/mol. The average molecular weight is 441 g/mol. The molecule has 1 saturated heterocycles. The maximum absolute atomic E-state index is 11.0. The van der Waals surface area contributed by atoms with E-state index < -0.39 is 0 Å². The molecule has 4 N–H and O–H groups in total. The van der Waals surface area contributed by atoms with Gasteiger partial charge in [-0.3, -0.25) is 9.69 Å². The van der Waals surface area contributed by atoms with Crippen LogP contribution in [0.5, 0.6) is 0 Å². The Labute approximate surface area is 188 Å². The van der Waals surface area contributed by atoms with Crippen molar-refractivity contribution < 1.29 is 9.53 Å². The van der Waals surface area contributed by atoms with E-state index in [2.05, 4.69) is 42.4 Å². The second-order valence-corrected chi connectivity index (χ2v) is 8.32. The molecule has 10 heteroatoms. The normalized spacial score (nSPS) is 16.5. The minimum absolute atomic E-state index is 0.265. The predicted octanol–water partition coefficient (Wildman–Crippen LogP) is 1.55. The molecule has 2 aromatic heterocycles. The summed E-state index contributed by atoms with van der Waals surface area (Å²) in [5.74, 6) is 2.33. The quantitative estimate of drug-likeness (QED) is 0.478. The number of nitrogens with zero attached hydrogens (tertiary/aromatic N) is 5. The number of aromatic nitrogens is 3. The third-order valence-corrected chi connectivity index (χ3v) is 5.75. The number of nitrogens with two attached hydrogens (primary N) is 1. The summed E-state index contributed by atoms with van der Waals surface area (Å²) < 4.78 is 5.40. The van der Waals surface area contributed by atoms with E-state index in [0.717, 1.165) is 75.1 Å². The lowest BCUT2D eigenvalue weighted by atomic mass is 10.2. The SMILES string of the molecule is CN(CCN1CCOCC1)c1ccc(Nc2ncc(C3CC3)c(NCCC(N)=O)n2)cn1. The summed E-state index contributed by atoms with van der Waals surface area (Å²) in [6.45, 7) is 5.97. The molecular weight excluding hydrogens is 408 g/mol. The second kappa shape index (κ2) is 10.6. The smallest absolute Gasteiger partial charge is 0.229 e. The molecule has 0 spiro atoms. The van der Waals surface area contributed by atoms with Crippen LogP contribution in [0.15, 0.2) is 24.5 Å². The Bertz CT molecular complexity index is 897. The van der Waals surface area contributed by atoms with Crippen LogP contribution in [-0.4, -0.2) is 78.7 Å². The van der Waals surface area contributed by atoms with Crippen molar-refractivity contribution in [2.45, 2.75) is 25.2 Å². The summed E-state index contributed by atoms with van der Waals surface area (Å²) in [5.41, 5.74) is 7.16. The molecule has 2 aromatic rings. The highest BCUT2D eigenvalue weighted by molar-refractivity contribution is 5.74. The molecule has 32 heavy (non-hydrogen) atoms. The van der Waals surface area contributed by atoms with E-state index in [4.69, 9.17) is 10.5 Å². The summed E-state index contributed by atoms with van der Waals surface area (Å²) in [6.07, 6.45) is 6.21. The van der Waals surface area contributed by atoms with Gasteiger partial charge in [0.1, 0.15) is 11.6 Å². The lowest BCUT2D eigenvalue weighted by Crippen LogP contribution is -2.40. The first-order chi connectivity index (χ1) is 15.6. The van der Waals surface area contributed by atoms with Gasteiger partial charge in [0.15, 0.2) is 0 Å². The summed E-state index contributed by atoms with van der Waals surface area (Å²) >= 11 is 0. The van der Waals surface area contributed by atoms with Gasteiger partial charge in [-0.05, 0) is 30.9 Å². The van der Waals surface area contributed by atoms with Crippen molar-refractivity contribution in [3.05, 3.63) is 30.1 Å². The molecule has 0 radical (unpaired) electrons. The first-order valence-corrected chi connectivity index (χ1v) is 11.2. The summed E-state index contributed by atoms with van der Waals surface area (Å²) in [4.78, 5) is 29.3. The lowest BCUT2D eigenvalue weighted by molar-refractivity contribution is -0.117. The number of rotatable bonds is 11. The van der Waals surface area contributed by atoms with Gasteiger partial charge in [-0.1, -0.05) is 0 Å². The van der Waals surface area contributed by atoms with Crippen LogP contribution in [0.1, 0.15) is 30.7 Å². The molecule has 3 heterocycles. The highest BCUT2D eigenvalue weighted by atomic mass is 16.5. The van der Waals surface area contributed by atoms with E-state index in [9.17, 15) is 4.79 Å². The fourth-order valence-corrected chi connectivity index (χ4v) is 3.64. The van der Waals surface area contributed by atoms with Gasteiger partial charge in [0.2, 0.25) is 11.9 Å². The molecule has 1 aliphatic carbocycles. The first-order valence-electron chi connectivity index (χ1n) is 11.2. The zero-order valence-corrected chi connectivity index (χ0v) is 18.6. The molecule has 2 fully saturated rings. The number of likely N-dealkylation sites (N-methyl/N-ethyl adjacent to an activating group) is 1. The molecule has 0 atom stereocenters. The number of hydrogen-bond donors (Lipinski definition) is 3. The second-order valence-electron chi connectivity index (χ2n) is 8.32. The zero-order chi connectivity index (χ0) is 22.3. The molecule has 172 valence electrons. The van der Waals surface area contributed by atoms with Crippen LogP contribution in [0.2, 0.25) is 0 Å². The number of ether oxygens (including phenoxy) is 1. The third-order valence-electron chi connectivity index (χ3n) is 5.75. The number of amides is 1. The van der Waals surface area contributed by atoms with Crippen molar-refractivity contribution >= 4 is 29.2 Å². The van der Waals surface area contributed by atoms with Crippen molar-refractivity contribution in [1.82, 2.24) is 19.9 Å². The topological polar surface area (TPSA) is 122 Å². The maximum Gasteiger partial charge on any atom is 0.229 e. The number of primary amides is 1. The zero-order valence-electron chi connectivity index (χ0n) is 18.6. The maximum atomic E-state index is 11.0. The molecule has 10 nitrogen and oxygen atoms in total. The van der Waals surface area contributed by atoms with Gasteiger partial charge in [0.05, 0.1) is 25.1 Å². The summed E-state index contributed by atoms with van der Waals surface area (Å²) in [6, 6.07) is 3.97. The molecule has 1 saturated carbocycles. The molecule has 0 unspecified atom stereocenters. The van der Waals surface area contributed by atoms with E-state index in [1.807, 2.05) is 18.3 Å². The fourth-order valence-electron chi connectivity index (χ4n) is 3.64. The van der Waals surface area contributed by atoms with Crippen LogP contribution in [0.4, 0.5) is 23.3 Å². The number of nitrogens with one attached hydrogen (secondary N) is 2. The minimum Gasteiger partial charge on any atom is -0.379 e. The van der Waals surface area contributed by atoms with Gasteiger partial charge in [0, 0.05) is 58.0 Å². The molecule has 0 bridgehead atoms. The van der Waals surface area contributed by atoms with Crippen LogP contribution in [0.3, 0.4) is 0 Å². The Kier molecular flexibility index (Phi) is 7.33.